The molecule has 0 bridgehead atoms. The summed E-state index contributed by atoms with van der Waals surface area (Å²) in [5, 5.41) is 0.749. The second-order valence-electron chi connectivity index (χ2n) is 7.45. The zero-order valence-electron chi connectivity index (χ0n) is 18.2. The van der Waals surface area contributed by atoms with Crippen LogP contribution >= 0.6 is 15.9 Å². The average Bonchev–Trinajstić information content (AvgIpc) is 2.84. The van der Waals surface area contributed by atoms with Gasteiger partial charge in [0.1, 0.15) is 16.4 Å². The number of hydrogen-bond donors (Lipinski definition) is 0. The summed E-state index contributed by atoms with van der Waals surface area (Å²) in [7, 11) is -0.704. The SMILES string of the molecule is COc1ccc(CN(Cc2ccc(OC)cc2)S(=O)(=O)c2cc(Br)cc3cccnc23)cc1. The van der Waals surface area contributed by atoms with E-state index in [1.807, 2.05) is 60.7 Å². The van der Waals surface area contributed by atoms with Gasteiger partial charge in [-0.05, 0) is 53.6 Å². The third kappa shape index (κ3) is 5.19. The topological polar surface area (TPSA) is 68.7 Å². The number of ether oxygens (including phenoxy) is 2. The molecule has 0 saturated heterocycles. The van der Waals surface area contributed by atoms with Gasteiger partial charge < -0.3 is 9.47 Å². The van der Waals surface area contributed by atoms with E-state index in [1.54, 1.807) is 32.5 Å². The Hall–Kier alpha value is -2.94. The Bertz CT molecular complexity index is 1310. The molecule has 1 heterocycles. The van der Waals surface area contributed by atoms with E-state index in [9.17, 15) is 8.42 Å². The Morgan fingerprint density at radius 1 is 0.848 bits per heavy atom. The van der Waals surface area contributed by atoms with Gasteiger partial charge in [-0.15, -0.1) is 0 Å². The van der Waals surface area contributed by atoms with Crippen LogP contribution in [0.5, 0.6) is 11.5 Å². The van der Waals surface area contributed by atoms with Gasteiger partial charge >= 0.3 is 0 Å². The predicted molar refractivity (Wildman–Crippen MR) is 132 cm³/mol. The second-order valence-corrected chi connectivity index (χ2v) is 10.3. The Kier molecular flexibility index (Phi) is 6.97. The fraction of sp³-hybridized carbons (Fsp3) is 0.160. The van der Waals surface area contributed by atoms with Gasteiger partial charge in [0.2, 0.25) is 10.0 Å². The van der Waals surface area contributed by atoms with Gasteiger partial charge in [-0.1, -0.05) is 46.3 Å². The lowest BCUT2D eigenvalue weighted by molar-refractivity contribution is 0.398. The molecule has 0 fully saturated rings. The summed E-state index contributed by atoms with van der Waals surface area (Å²) in [5.74, 6) is 1.43. The molecule has 33 heavy (non-hydrogen) atoms. The van der Waals surface area contributed by atoms with E-state index in [-0.39, 0.29) is 18.0 Å². The largest absolute Gasteiger partial charge is 0.497 e. The van der Waals surface area contributed by atoms with Crippen molar-refractivity contribution in [3.63, 3.8) is 0 Å². The van der Waals surface area contributed by atoms with E-state index in [1.165, 1.54) is 4.31 Å². The minimum Gasteiger partial charge on any atom is -0.497 e. The van der Waals surface area contributed by atoms with E-state index in [0.29, 0.717) is 21.5 Å². The van der Waals surface area contributed by atoms with E-state index >= 15 is 0 Å². The van der Waals surface area contributed by atoms with Crippen molar-refractivity contribution >= 4 is 36.9 Å². The molecule has 0 saturated carbocycles. The van der Waals surface area contributed by atoms with Crippen molar-refractivity contribution in [3.05, 3.63) is 94.6 Å². The molecule has 0 aliphatic rings. The number of aromatic nitrogens is 1. The number of pyridine rings is 1. The van der Waals surface area contributed by atoms with Crippen molar-refractivity contribution in [1.29, 1.82) is 0 Å². The van der Waals surface area contributed by atoms with E-state index in [4.69, 9.17) is 9.47 Å². The minimum absolute atomic E-state index is 0.162. The zero-order chi connectivity index (χ0) is 23.4. The van der Waals surface area contributed by atoms with E-state index in [2.05, 4.69) is 20.9 Å². The van der Waals surface area contributed by atoms with Crippen molar-refractivity contribution in [1.82, 2.24) is 9.29 Å². The van der Waals surface area contributed by atoms with Crippen LogP contribution < -0.4 is 9.47 Å². The van der Waals surface area contributed by atoms with Crippen LogP contribution in [-0.4, -0.2) is 31.9 Å². The molecule has 0 aliphatic carbocycles. The maximum Gasteiger partial charge on any atom is 0.245 e. The highest BCUT2D eigenvalue weighted by molar-refractivity contribution is 9.10. The van der Waals surface area contributed by atoms with Gasteiger partial charge in [0.05, 0.1) is 19.7 Å². The molecule has 3 aromatic carbocycles. The number of sulfonamides is 1. The number of nitrogens with zero attached hydrogens (tertiary/aromatic N) is 2. The highest BCUT2D eigenvalue weighted by Gasteiger charge is 2.28. The molecule has 0 spiro atoms. The van der Waals surface area contributed by atoms with Gasteiger partial charge in [-0.3, -0.25) is 4.98 Å². The maximum atomic E-state index is 14.0. The van der Waals surface area contributed by atoms with Crippen LogP contribution in [0.15, 0.2) is 88.4 Å². The van der Waals surface area contributed by atoms with Crippen molar-refractivity contribution in [3.8, 4) is 11.5 Å². The van der Waals surface area contributed by atoms with Crippen LogP contribution in [-0.2, 0) is 23.1 Å². The number of rotatable bonds is 8. The highest BCUT2D eigenvalue weighted by atomic mass is 79.9. The molecule has 170 valence electrons. The molecule has 4 rings (SSSR count). The molecular weight excluding hydrogens is 504 g/mol. The molecule has 0 aliphatic heterocycles. The molecule has 6 nitrogen and oxygen atoms in total. The minimum atomic E-state index is -3.90. The molecule has 0 atom stereocenters. The Morgan fingerprint density at radius 2 is 1.39 bits per heavy atom. The average molecular weight is 527 g/mol. The number of hydrogen-bond acceptors (Lipinski definition) is 5. The van der Waals surface area contributed by atoms with Gasteiger partial charge in [0.15, 0.2) is 0 Å². The number of halogens is 1. The Labute approximate surface area is 202 Å². The molecule has 8 heteroatoms. The molecule has 0 N–H and O–H groups in total. The predicted octanol–water partition coefficient (Wildman–Crippen LogP) is 5.41. The first kappa shape index (κ1) is 23.2. The highest BCUT2D eigenvalue weighted by Crippen LogP contribution is 2.30. The Morgan fingerprint density at radius 3 is 1.91 bits per heavy atom. The van der Waals surface area contributed by atoms with Crippen LogP contribution in [0.25, 0.3) is 10.9 Å². The van der Waals surface area contributed by atoms with Crippen LogP contribution in [0, 0.1) is 0 Å². The second kappa shape index (κ2) is 9.91. The Balaban J connectivity index is 1.78. The smallest absolute Gasteiger partial charge is 0.245 e. The lowest BCUT2D eigenvalue weighted by Crippen LogP contribution is -2.30. The lowest BCUT2D eigenvalue weighted by Gasteiger charge is -2.23. The monoisotopic (exact) mass is 526 g/mol. The van der Waals surface area contributed by atoms with Crippen LogP contribution in [0.1, 0.15) is 11.1 Å². The summed E-state index contributed by atoms with van der Waals surface area (Å²) in [4.78, 5) is 4.53. The quantitative estimate of drug-likeness (QED) is 0.307. The first-order chi connectivity index (χ1) is 15.9. The molecule has 4 aromatic rings. The first-order valence-electron chi connectivity index (χ1n) is 10.2. The maximum absolute atomic E-state index is 14.0. The molecule has 0 amide bonds. The normalized spacial score (nSPS) is 11.6. The van der Waals surface area contributed by atoms with Crippen molar-refractivity contribution < 1.29 is 17.9 Å². The van der Waals surface area contributed by atoms with Crippen molar-refractivity contribution in [2.24, 2.45) is 0 Å². The first-order valence-corrected chi connectivity index (χ1v) is 12.4. The summed E-state index contributed by atoms with van der Waals surface area (Å²) in [5.41, 5.74) is 2.13. The number of fused-ring (bicyclic) bond motifs is 1. The summed E-state index contributed by atoms with van der Waals surface area (Å²) in [6, 6.07) is 21.9. The third-order valence-corrected chi connectivity index (χ3v) is 7.55. The van der Waals surface area contributed by atoms with Crippen molar-refractivity contribution in [2.75, 3.05) is 14.2 Å². The summed E-state index contributed by atoms with van der Waals surface area (Å²) in [6.07, 6.45) is 1.60. The van der Waals surface area contributed by atoms with Gasteiger partial charge in [0.25, 0.3) is 0 Å². The summed E-state index contributed by atoms with van der Waals surface area (Å²) >= 11 is 3.45. The number of benzene rings is 3. The van der Waals surface area contributed by atoms with Crippen molar-refractivity contribution in [2.45, 2.75) is 18.0 Å². The zero-order valence-corrected chi connectivity index (χ0v) is 20.6. The standard InChI is InChI=1S/C25H23BrN2O4S/c1-31-22-9-5-18(6-10-22)16-28(17-19-7-11-23(32-2)12-8-19)33(29,30)24-15-21(26)14-20-4-3-13-27-25(20)24/h3-15H,16-17H2,1-2H3. The van der Waals surface area contributed by atoms with Gasteiger partial charge in [-0.2, -0.15) is 4.31 Å². The van der Waals surface area contributed by atoms with E-state index < -0.39 is 10.0 Å². The molecular formula is C25H23BrN2O4S. The fourth-order valence-electron chi connectivity index (χ4n) is 3.55. The summed E-state index contributed by atoms with van der Waals surface area (Å²) < 4.78 is 40.5. The van der Waals surface area contributed by atoms with Gasteiger partial charge in [-0.25, -0.2) is 8.42 Å². The summed E-state index contributed by atoms with van der Waals surface area (Å²) in [6.45, 7) is 0.387. The van der Waals surface area contributed by atoms with Crippen LogP contribution in [0.4, 0.5) is 0 Å². The molecule has 1 aromatic heterocycles. The molecule has 0 radical (unpaired) electrons. The lowest BCUT2D eigenvalue weighted by atomic mass is 10.2. The van der Waals surface area contributed by atoms with Crippen LogP contribution in [0.2, 0.25) is 0 Å². The molecule has 0 unspecified atom stereocenters. The van der Waals surface area contributed by atoms with Gasteiger partial charge in [0, 0.05) is 29.1 Å². The third-order valence-electron chi connectivity index (χ3n) is 5.29. The van der Waals surface area contributed by atoms with E-state index in [0.717, 1.165) is 16.5 Å². The fourth-order valence-corrected chi connectivity index (χ4v) is 5.79. The van der Waals surface area contributed by atoms with Crippen LogP contribution in [0.3, 0.4) is 0 Å². The number of methoxy groups -OCH3 is 2.